The number of nitrogens with zero attached hydrogens (tertiary/aromatic N) is 5. The lowest BCUT2D eigenvalue weighted by Gasteiger charge is -2.18. The standard InChI is InChI=1S/C20H33N7.HI/c1-8-21-20(22-13-17-10-9-11-19(24-17)26(5)6)23-14(2)12-18-15(3)25-27(7)16(18)4;/h9-11,14H,8,12-13H2,1-7H3,(H2,21,22,23);1H. The monoisotopic (exact) mass is 499 g/mol. The molecule has 0 amide bonds. The first-order chi connectivity index (χ1) is 12.8. The molecule has 2 heterocycles. The van der Waals surface area contributed by atoms with Crippen LogP contribution in [0.1, 0.15) is 36.5 Å². The number of nitrogens with one attached hydrogen (secondary N) is 2. The maximum Gasteiger partial charge on any atom is 0.191 e. The summed E-state index contributed by atoms with van der Waals surface area (Å²) in [4.78, 5) is 11.3. The number of halogens is 1. The normalized spacial score (nSPS) is 12.3. The van der Waals surface area contributed by atoms with Crippen molar-refractivity contribution in [1.82, 2.24) is 25.4 Å². The lowest BCUT2D eigenvalue weighted by Crippen LogP contribution is -2.43. The number of aromatic nitrogens is 3. The van der Waals surface area contributed by atoms with Crippen molar-refractivity contribution in [2.75, 3.05) is 25.5 Å². The van der Waals surface area contributed by atoms with Gasteiger partial charge in [0.15, 0.2) is 5.96 Å². The molecule has 156 valence electrons. The van der Waals surface area contributed by atoms with Crippen LogP contribution in [-0.4, -0.2) is 47.4 Å². The molecule has 0 spiro atoms. The van der Waals surface area contributed by atoms with Crippen molar-refractivity contribution in [2.45, 2.75) is 46.7 Å². The van der Waals surface area contributed by atoms with Gasteiger partial charge in [-0.15, -0.1) is 24.0 Å². The number of rotatable bonds is 7. The highest BCUT2D eigenvalue weighted by Gasteiger charge is 2.14. The smallest absolute Gasteiger partial charge is 0.191 e. The minimum absolute atomic E-state index is 0. The van der Waals surface area contributed by atoms with E-state index in [-0.39, 0.29) is 30.0 Å². The first-order valence-electron chi connectivity index (χ1n) is 9.49. The molecule has 0 aromatic carbocycles. The number of hydrogen-bond acceptors (Lipinski definition) is 4. The van der Waals surface area contributed by atoms with Gasteiger partial charge >= 0.3 is 0 Å². The molecule has 0 radical (unpaired) electrons. The van der Waals surface area contributed by atoms with E-state index in [1.807, 2.05) is 48.9 Å². The average molecular weight is 499 g/mol. The molecule has 1 atom stereocenters. The minimum Gasteiger partial charge on any atom is -0.363 e. The summed E-state index contributed by atoms with van der Waals surface area (Å²) in [5.74, 6) is 1.75. The maximum atomic E-state index is 4.71. The number of anilines is 1. The number of pyridine rings is 1. The molecule has 0 aliphatic heterocycles. The molecule has 2 rings (SSSR count). The Labute approximate surface area is 186 Å². The SMILES string of the molecule is CCNC(=NCc1cccc(N(C)C)n1)NC(C)Cc1c(C)nn(C)c1C.I. The van der Waals surface area contributed by atoms with Crippen LogP contribution in [-0.2, 0) is 20.0 Å². The van der Waals surface area contributed by atoms with E-state index in [2.05, 4.69) is 48.4 Å². The van der Waals surface area contributed by atoms with Crippen molar-refractivity contribution in [3.05, 3.63) is 40.8 Å². The molecule has 2 aromatic heterocycles. The van der Waals surface area contributed by atoms with Gasteiger partial charge in [0.25, 0.3) is 0 Å². The van der Waals surface area contributed by atoms with Crippen LogP contribution >= 0.6 is 24.0 Å². The van der Waals surface area contributed by atoms with Gasteiger partial charge in [-0.2, -0.15) is 5.10 Å². The van der Waals surface area contributed by atoms with Crippen LogP contribution in [0.2, 0.25) is 0 Å². The van der Waals surface area contributed by atoms with Gasteiger partial charge in [-0.1, -0.05) is 6.07 Å². The van der Waals surface area contributed by atoms with Gasteiger partial charge in [0, 0.05) is 39.4 Å². The van der Waals surface area contributed by atoms with E-state index in [0.717, 1.165) is 36.1 Å². The lowest BCUT2D eigenvalue weighted by atomic mass is 10.1. The number of hydrogen-bond donors (Lipinski definition) is 2. The van der Waals surface area contributed by atoms with E-state index in [0.29, 0.717) is 6.54 Å². The molecule has 2 aromatic rings. The van der Waals surface area contributed by atoms with E-state index in [1.165, 1.54) is 11.3 Å². The highest BCUT2D eigenvalue weighted by Crippen LogP contribution is 2.14. The fourth-order valence-corrected chi connectivity index (χ4v) is 2.99. The van der Waals surface area contributed by atoms with Crippen molar-refractivity contribution in [1.29, 1.82) is 0 Å². The lowest BCUT2D eigenvalue weighted by molar-refractivity contribution is 0.635. The number of aryl methyl sites for hydroxylation is 2. The van der Waals surface area contributed by atoms with E-state index in [4.69, 9.17) is 4.99 Å². The summed E-state index contributed by atoms with van der Waals surface area (Å²) >= 11 is 0. The minimum atomic E-state index is 0. The second-order valence-electron chi connectivity index (χ2n) is 7.10. The molecule has 0 fully saturated rings. The average Bonchev–Trinajstić information content (AvgIpc) is 2.86. The predicted molar refractivity (Wildman–Crippen MR) is 128 cm³/mol. The Morgan fingerprint density at radius 3 is 2.57 bits per heavy atom. The van der Waals surface area contributed by atoms with Crippen molar-refractivity contribution in [3.63, 3.8) is 0 Å². The van der Waals surface area contributed by atoms with E-state index in [9.17, 15) is 0 Å². The Bertz CT molecular complexity index is 783. The van der Waals surface area contributed by atoms with E-state index in [1.54, 1.807) is 0 Å². The highest BCUT2D eigenvalue weighted by atomic mass is 127. The second kappa shape index (κ2) is 11.2. The largest absolute Gasteiger partial charge is 0.363 e. The third-order valence-electron chi connectivity index (χ3n) is 4.55. The zero-order valence-corrected chi connectivity index (χ0v) is 20.4. The fraction of sp³-hybridized carbons (Fsp3) is 0.550. The van der Waals surface area contributed by atoms with Crippen molar-refractivity contribution in [3.8, 4) is 0 Å². The molecule has 0 aliphatic rings. The Kier molecular flexibility index (Phi) is 9.71. The molecule has 0 saturated heterocycles. The Morgan fingerprint density at radius 1 is 1.29 bits per heavy atom. The van der Waals surface area contributed by atoms with E-state index >= 15 is 0 Å². The van der Waals surface area contributed by atoms with Gasteiger partial charge in [0.2, 0.25) is 0 Å². The Balaban J connectivity index is 0.00000392. The van der Waals surface area contributed by atoms with Gasteiger partial charge in [0.05, 0.1) is 17.9 Å². The topological polar surface area (TPSA) is 70.4 Å². The maximum absolute atomic E-state index is 4.71. The molecule has 8 heteroatoms. The molecule has 1 unspecified atom stereocenters. The fourth-order valence-electron chi connectivity index (χ4n) is 2.99. The molecule has 7 nitrogen and oxygen atoms in total. The molecule has 0 bridgehead atoms. The highest BCUT2D eigenvalue weighted by molar-refractivity contribution is 14.0. The van der Waals surface area contributed by atoms with Gasteiger partial charge in [0.1, 0.15) is 5.82 Å². The van der Waals surface area contributed by atoms with Crippen molar-refractivity contribution >= 4 is 35.8 Å². The van der Waals surface area contributed by atoms with Crippen LogP contribution < -0.4 is 15.5 Å². The van der Waals surface area contributed by atoms with Gasteiger partial charge in [-0.25, -0.2) is 9.98 Å². The molecule has 0 aliphatic carbocycles. The van der Waals surface area contributed by atoms with Gasteiger partial charge in [-0.05, 0) is 51.8 Å². The van der Waals surface area contributed by atoms with Crippen LogP contribution in [0.5, 0.6) is 0 Å². The third-order valence-corrected chi connectivity index (χ3v) is 4.55. The zero-order valence-electron chi connectivity index (χ0n) is 18.1. The molecular weight excluding hydrogens is 465 g/mol. The number of guanidine groups is 1. The Hall–Kier alpha value is -1.84. The van der Waals surface area contributed by atoms with Crippen LogP contribution in [0.25, 0.3) is 0 Å². The summed E-state index contributed by atoms with van der Waals surface area (Å²) in [5.41, 5.74) is 4.56. The zero-order chi connectivity index (χ0) is 20.0. The van der Waals surface area contributed by atoms with E-state index < -0.39 is 0 Å². The van der Waals surface area contributed by atoms with Crippen LogP contribution in [0.3, 0.4) is 0 Å². The summed E-state index contributed by atoms with van der Waals surface area (Å²) in [6.07, 6.45) is 0.907. The quantitative estimate of drug-likeness (QED) is 0.349. The first-order valence-corrected chi connectivity index (χ1v) is 9.49. The summed E-state index contributed by atoms with van der Waals surface area (Å²) in [7, 11) is 5.97. The number of aliphatic imine (C=N–C) groups is 1. The predicted octanol–water partition coefficient (Wildman–Crippen LogP) is 2.80. The molecule has 28 heavy (non-hydrogen) atoms. The third kappa shape index (κ3) is 6.65. The summed E-state index contributed by atoms with van der Waals surface area (Å²) in [6, 6.07) is 6.26. The van der Waals surface area contributed by atoms with Crippen LogP contribution in [0.4, 0.5) is 5.82 Å². The molecule has 0 saturated carbocycles. The van der Waals surface area contributed by atoms with Gasteiger partial charge < -0.3 is 15.5 Å². The van der Waals surface area contributed by atoms with Crippen LogP contribution in [0.15, 0.2) is 23.2 Å². The Morgan fingerprint density at radius 2 is 2.00 bits per heavy atom. The summed E-state index contributed by atoms with van der Waals surface area (Å²) < 4.78 is 1.94. The summed E-state index contributed by atoms with van der Waals surface area (Å²) in [6.45, 7) is 9.78. The second-order valence-corrected chi connectivity index (χ2v) is 7.10. The molecule has 2 N–H and O–H groups in total. The van der Waals surface area contributed by atoms with Crippen molar-refractivity contribution in [2.24, 2.45) is 12.0 Å². The first kappa shape index (κ1) is 24.2. The molecular formula is C20H34IN7. The van der Waals surface area contributed by atoms with Gasteiger partial charge in [-0.3, -0.25) is 4.68 Å². The summed E-state index contributed by atoms with van der Waals surface area (Å²) in [5, 5.41) is 11.3. The van der Waals surface area contributed by atoms with Crippen LogP contribution in [0, 0.1) is 13.8 Å². The van der Waals surface area contributed by atoms with Crippen molar-refractivity contribution < 1.29 is 0 Å².